The van der Waals surface area contributed by atoms with Gasteiger partial charge in [-0.25, -0.2) is 4.79 Å². The fraction of sp³-hybridized carbons (Fsp3) is 0.750. The van der Waals surface area contributed by atoms with E-state index in [2.05, 4.69) is 0 Å². The summed E-state index contributed by atoms with van der Waals surface area (Å²) in [6, 6.07) is 0. The number of esters is 1. The molecule has 0 bridgehead atoms. The molecule has 0 aliphatic heterocycles. The van der Waals surface area contributed by atoms with E-state index in [9.17, 15) is 4.79 Å². The molecule has 1 fully saturated rings. The van der Waals surface area contributed by atoms with Crippen molar-refractivity contribution in [2.75, 3.05) is 7.11 Å². The van der Waals surface area contributed by atoms with Gasteiger partial charge in [-0.2, -0.15) is 0 Å². The van der Waals surface area contributed by atoms with E-state index in [1.165, 1.54) is 0 Å². The summed E-state index contributed by atoms with van der Waals surface area (Å²) in [6.07, 6.45) is 6.03. The number of hydrogen-bond donors (Lipinski definition) is 0. The molecule has 0 aromatic heterocycles. The monoisotopic (exact) mass is 212 g/mol. The molecule has 15 heavy (non-hydrogen) atoms. The molecule has 3 heteroatoms. The highest BCUT2D eigenvalue weighted by molar-refractivity contribution is 5.87. The molecule has 0 aromatic rings. The first-order valence-corrected chi connectivity index (χ1v) is 5.54. The average molecular weight is 212 g/mol. The quantitative estimate of drug-likeness (QED) is 0.532. The smallest absolute Gasteiger partial charge is 0.333 e. The van der Waals surface area contributed by atoms with E-state index < -0.39 is 0 Å². The molecule has 0 N–H and O–H groups in total. The Morgan fingerprint density at radius 3 is 2.20 bits per heavy atom. The Kier molecular flexibility index (Phi) is 4.82. The maximum atomic E-state index is 11.5. The van der Waals surface area contributed by atoms with Crippen molar-refractivity contribution in [2.24, 2.45) is 0 Å². The molecule has 0 atom stereocenters. The van der Waals surface area contributed by atoms with Crippen LogP contribution < -0.4 is 0 Å². The Bertz CT molecular complexity index is 237. The second-order valence-electron chi connectivity index (χ2n) is 4.01. The van der Waals surface area contributed by atoms with Gasteiger partial charge in [0, 0.05) is 12.7 Å². The van der Waals surface area contributed by atoms with Gasteiger partial charge in [0.15, 0.2) is 0 Å². The van der Waals surface area contributed by atoms with Crippen molar-refractivity contribution >= 4 is 5.97 Å². The minimum atomic E-state index is -0.182. The molecule has 1 aliphatic rings. The van der Waals surface area contributed by atoms with Crippen LogP contribution in [-0.4, -0.2) is 25.3 Å². The van der Waals surface area contributed by atoms with Gasteiger partial charge in [0.1, 0.15) is 6.10 Å². The van der Waals surface area contributed by atoms with E-state index in [0.29, 0.717) is 11.7 Å². The molecular weight excluding hydrogens is 192 g/mol. The highest BCUT2D eigenvalue weighted by atomic mass is 16.5. The molecule has 1 rings (SSSR count). The molecule has 1 saturated carbocycles. The SMILES string of the molecule is CC=C(C)C(=O)OC1CCC(OC)CC1. The van der Waals surface area contributed by atoms with Gasteiger partial charge in [-0.1, -0.05) is 6.08 Å². The van der Waals surface area contributed by atoms with Gasteiger partial charge in [-0.15, -0.1) is 0 Å². The highest BCUT2D eigenvalue weighted by Crippen LogP contribution is 2.23. The fourth-order valence-electron chi connectivity index (χ4n) is 1.75. The van der Waals surface area contributed by atoms with Crippen LogP contribution >= 0.6 is 0 Å². The minimum absolute atomic E-state index is 0.0822. The number of ether oxygens (including phenoxy) is 2. The minimum Gasteiger partial charge on any atom is -0.459 e. The lowest BCUT2D eigenvalue weighted by Crippen LogP contribution is -2.27. The van der Waals surface area contributed by atoms with Crippen LogP contribution in [0.25, 0.3) is 0 Å². The lowest BCUT2D eigenvalue weighted by molar-refractivity contribution is -0.146. The number of allylic oxidation sites excluding steroid dienone is 1. The summed E-state index contributed by atoms with van der Waals surface area (Å²) in [5.74, 6) is -0.182. The number of rotatable bonds is 3. The normalized spacial score (nSPS) is 27.5. The maximum absolute atomic E-state index is 11.5. The van der Waals surface area contributed by atoms with Crippen molar-refractivity contribution in [1.29, 1.82) is 0 Å². The van der Waals surface area contributed by atoms with E-state index in [1.54, 1.807) is 20.1 Å². The summed E-state index contributed by atoms with van der Waals surface area (Å²) < 4.78 is 10.6. The van der Waals surface area contributed by atoms with Crippen LogP contribution in [0.1, 0.15) is 39.5 Å². The van der Waals surface area contributed by atoms with Crippen molar-refractivity contribution in [3.8, 4) is 0 Å². The van der Waals surface area contributed by atoms with Crippen molar-refractivity contribution < 1.29 is 14.3 Å². The first-order valence-electron chi connectivity index (χ1n) is 5.54. The fourth-order valence-corrected chi connectivity index (χ4v) is 1.75. The van der Waals surface area contributed by atoms with Crippen LogP contribution in [0.3, 0.4) is 0 Å². The summed E-state index contributed by atoms with van der Waals surface area (Å²) in [4.78, 5) is 11.5. The molecule has 1 aliphatic carbocycles. The zero-order chi connectivity index (χ0) is 11.3. The Morgan fingerprint density at radius 1 is 1.20 bits per heavy atom. The zero-order valence-electron chi connectivity index (χ0n) is 9.79. The lowest BCUT2D eigenvalue weighted by atomic mass is 9.95. The second-order valence-corrected chi connectivity index (χ2v) is 4.01. The molecule has 0 spiro atoms. The van der Waals surface area contributed by atoms with E-state index in [-0.39, 0.29) is 12.1 Å². The third-order valence-corrected chi connectivity index (χ3v) is 2.98. The second kappa shape index (κ2) is 5.91. The average Bonchev–Trinajstić information content (AvgIpc) is 2.29. The Morgan fingerprint density at radius 2 is 1.73 bits per heavy atom. The molecule has 0 aromatic carbocycles. The molecule has 0 amide bonds. The summed E-state index contributed by atoms with van der Waals surface area (Å²) in [6.45, 7) is 3.63. The van der Waals surface area contributed by atoms with Gasteiger partial charge in [0.25, 0.3) is 0 Å². The predicted molar refractivity (Wildman–Crippen MR) is 58.6 cm³/mol. The van der Waals surface area contributed by atoms with Gasteiger partial charge in [0.2, 0.25) is 0 Å². The van der Waals surface area contributed by atoms with Crippen molar-refractivity contribution in [3.05, 3.63) is 11.6 Å². The third-order valence-electron chi connectivity index (χ3n) is 2.98. The van der Waals surface area contributed by atoms with E-state index in [4.69, 9.17) is 9.47 Å². The van der Waals surface area contributed by atoms with Gasteiger partial charge in [-0.3, -0.25) is 0 Å². The highest BCUT2D eigenvalue weighted by Gasteiger charge is 2.23. The molecule has 0 radical (unpaired) electrons. The summed E-state index contributed by atoms with van der Waals surface area (Å²) in [5, 5.41) is 0. The van der Waals surface area contributed by atoms with E-state index in [0.717, 1.165) is 25.7 Å². The summed E-state index contributed by atoms with van der Waals surface area (Å²) in [5.41, 5.74) is 0.684. The van der Waals surface area contributed by atoms with Crippen LogP contribution in [0, 0.1) is 0 Å². The van der Waals surface area contributed by atoms with Crippen LogP contribution in [-0.2, 0) is 14.3 Å². The van der Waals surface area contributed by atoms with Gasteiger partial charge < -0.3 is 9.47 Å². The zero-order valence-corrected chi connectivity index (χ0v) is 9.79. The van der Waals surface area contributed by atoms with Crippen LogP contribution in [0.5, 0.6) is 0 Å². The van der Waals surface area contributed by atoms with E-state index >= 15 is 0 Å². The Labute approximate surface area is 91.4 Å². The van der Waals surface area contributed by atoms with Gasteiger partial charge in [0.05, 0.1) is 6.10 Å². The first kappa shape index (κ1) is 12.2. The summed E-state index contributed by atoms with van der Waals surface area (Å²) in [7, 11) is 1.74. The number of carbonyl (C=O) groups is 1. The van der Waals surface area contributed by atoms with Crippen molar-refractivity contribution in [1.82, 2.24) is 0 Å². The van der Waals surface area contributed by atoms with Crippen LogP contribution in [0.4, 0.5) is 0 Å². The van der Waals surface area contributed by atoms with Crippen molar-refractivity contribution in [2.45, 2.75) is 51.7 Å². The molecule has 0 heterocycles. The molecule has 0 saturated heterocycles. The Balaban J connectivity index is 2.33. The predicted octanol–water partition coefficient (Wildman–Crippen LogP) is 2.45. The first-order chi connectivity index (χ1) is 7.17. The standard InChI is InChI=1S/C12H20O3/c1-4-9(2)12(13)15-11-7-5-10(14-3)6-8-11/h4,10-11H,5-8H2,1-3H3. The molecule has 86 valence electrons. The van der Waals surface area contributed by atoms with Gasteiger partial charge in [-0.05, 0) is 39.5 Å². The number of carbonyl (C=O) groups excluding carboxylic acids is 1. The Hall–Kier alpha value is -0.830. The maximum Gasteiger partial charge on any atom is 0.333 e. The number of methoxy groups -OCH3 is 1. The largest absolute Gasteiger partial charge is 0.459 e. The third kappa shape index (κ3) is 3.67. The van der Waals surface area contributed by atoms with Crippen LogP contribution in [0.15, 0.2) is 11.6 Å². The topological polar surface area (TPSA) is 35.5 Å². The number of hydrogen-bond acceptors (Lipinski definition) is 3. The van der Waals surface area contributed by atoms with Crippen LogP contribution in [0.2, 0.25) is 0 Å². The molecule has 0 unspecified atom stereocenters. The molecular formula is C12H20O3. The van der Waals surface area contributed by atoms with E-state index in [1.807, 2.05) is 6.92 Å². The lowest BCUT2D eigenvalue weighted by Gasteiger charge is -2.27. The summed E-state index contributed by atoms with van der Waals surface area (Å²) >= 11 is 0. The van der Waals surface area contributed by atoms with Gasteiger partial charge >= 0.3 is 5.97 Å². The van der Waals surface area contributed by atoms with Crippen molar-refractivity contribution in [3.63, 3.8) is 0 Å². The molecule has 3 nitrogen and oxygen atoms in total.